The number of urea groups is 1. The number of nitrogens with one attached hydrogen (secondary N) is 2. The minimum Gasteiger partial charge on any atom is -0.325 e. The lowest BCUT2D eigenvalue weighted by atomic mass is 9.97. The molecule has 2 heterocycles. The fourth-order valence-electron chi connectivity index (χ4n) is 3.28. The lowest BCUT2D eigenvalue weighted by molar-refractivity contribution is -0.116. The summed E-state index contributed by atoms with van der Waals surface area (Å²) in [7, 11) is 0. The molecule has 27 heavy (non-hydrogen) atoms. The molecule has 4 rings (SSSR count). The summed E-state index contributed by atoms with van der Waals surface area (Å²) >= 11 is 0. The van der Waals surface area contributed by atoms with Crippen molar-refractivity contribution in [2.24, 2.45) is 0 Å². The maximum Gasteiger partial charge on any atom is 0.326 e. The van der Waals surface area contributed by atoms with Gasteiger partial charge < -0.3 is 10.6 Å². The van der Waals surface area contributed by atoms with Crippen LogP contribution in [0.15, 0.2) is 54.7 Å². The SMILES string of the molecule is O=C1C=CN(C(=O)Nc2ccc3c(c2)NC(=O)C3)[C@H](c2ccc(F)cc2)C1. The van der Waals surface area contributed by atoms with Crippen LogP contribution in [0.25, 0.3) is 0 Å². The van der Waals surface area contributed by atoms with Crippen LogP contribution in [0.1, 0.15) is 23.6 Å². The van der Waals surface area contributed by atoms with E-state index in [4.69, 9.17) is 0 Å². The van der Waals surface area contributed by atoms with Gasteiger partial charge in [0.05, 0.1) is 12.5 Å². The van der Waals surface area contributed by atoms with Gasteiger partial charge in [0.1, 0.15) is 5.82 Å². The number of carbonyl (C=O) groups excluding carboxylic acids is 3. The molecule has 0 aromatic heterocycles. The Bertz CT molecular complexity index is 969. The Morgan fingerprint density at radius 2 is 1.93 bits per heavy atom. The zero-order chi connectivity index (χ0) is 19.0. The Hall–Kier alpha value is -3.48. The van der Waals surface area contributed by atoms with Crippen LogP contribution < -0.4 is 10.6 Å². The monoisotopic (exact) mass is 365 g/mol. The van der Waals surface area contributed by atoms with Gasteiger partial charge >= 0.3 is 6.03 Å². The predicted molar refractivity (Wildman–Crippen MR) is 97.5 cm³/mol. The minimum absolute atomic E-state index is 0.0812. The van der Waals surface area contributed by atoms with Crippen LogP contribution in [0.5, 0.6) is 0 Å². The van der Waals surface area contributed by atoms with Gasteiger partial charge in [0.25, 0.3) is 0 Å². The summed E-state index contributed by atoms with van der Waals surface area (Å²) in [5, 5.41) is 5.52. The van der Waals surface area contributed by atoms with Crippen molar-refractivity contribution in [2.75, 3.05) is 10.6 Å². The summed E-state index contributed by atoms with van der Waals surface area (Å²) in [6.45, 7) is 0. The van der Waals surface area contributed by atoms with Crippen LogP contribution in [-0.4, -0.2) is 22.6 Å². The Morgan fingerprint density at radius 3 is 2.70 bits per heavy atom. The van der Waals surface area contributed by atoms with E-state index in [1.54, 1.807) is 30.3 Å². The number of anilines is 2. The van der Waals surface area contributed by atoms with E-state index in [1.165, 1.54) is 29.3 Å². The number of allylic oxidation sites excluding steroid dienone is 1. The maximum atomic E-state index is 13.2. The van der Waals surface area contributed by atoms with E-state index in [9.17, 15) is 18.8 Å². The lowest BCUT2D eigenvalue weighted by Crippen LogP contribution is -2.37. The van der Waals surface area contributed by atoms with Gasteiger partial charge in [0, 0.05) is 24.0 Å². The minimum atomic E-state index is -0.516. The smallest absolute Gasteiger partial charge is 0.325 e. The van der Waals surface area contributed by atoms with Gasteiger partial charge in [-0.25, -0.2) is 9.18 Å². The molecular weight excluding hydrogens is 349 g/mol. The van der Waals surface area contributed by atoms with Crippen LogP contribution in [0.2, 0.25) is 0 Å². The molecule has 2 aromatic carbocycles. The number of rotatable bonds is 2. The molecule has 6 nitrogen and oxygen atoms in total. The van der Waals surface area contributed by atoms with Crippen LogP contribution in [-0.2, 0) is 16.0 Å². The van der Waals surface area contributed by atoms with Crippen molar-refractivity contribution in [1.29, 1.82) is 0 Å². The zero-order valence-corrected chi connectivity index (χ0v) is 14.2. The Morgan fingerprint density at radius 1 is 1.15 bits per heavy atom. The molecule has 0 aliphatic carbocycles. The van der Waals surface area contributed by atoms with Crippen LogP contribution in [0.4, 0.5) is 20.6 Å². The second kappa shape index (κ2) is 6.68. The van der Waals surface area contributed by atoms with Gasteiger partial charge in [0.2, 0.25) is 5.91 Å². The first-order valence-corrected chi connectivity index (χ1v) is 8.48. The third-order valence-electron chi connectivity index (χ3n) is 4.63. The molecule has 0 saturated heterocycles. The van der Waals surface area contributed by atoms with E-state index in [1.807, 2.05) is 0 Å². The first-order chi connectivity index (χ1) is 13.0. The number of hydrogen-bond acceptors (Lipinski definition) is 3. The summed E-state index contributed by atoms with van der Waals surface area (Å²) in [5.41, 5.74) is 2.76. The Kier molecular flexibility index (Phi) is 4.19. The highest BCUT2D eigenvalue weighted by Crippen LogP contribution is 2.30. The average Bonchev–Trinajstić information content (AvgIpc) is 3.01. The molecule has 0 bridgehead atoms. The quantitative estimate of drug-likeness (QED) is 0.856. The van der Waals surface area contributed by atoms with Crippen molar-refractivity contribution in [3.05, 3.63) is 71.7 Å². The molecule has 2 N–H and O–H groups in total. The molecule has 2 aliphatic heterocycles. The average molecular weight is 365 g/mol. The van der Waals surface area contributed by atoms with Gasteiger partial charge in [0.15, 0.2) is 5.78 Å². The van der Waals surface area contributed by atoms with Crippen LogP contribution in [0.3, 0.4) is 0 Å². The number of carbonyl (C=O) groups is 3. The van der Waals surface area contributed by atoms with Crippen molar-refractivity contribution in [3.63, 3.8) is 0 Å². The third kappa shape index (κ3) is 3.44. The number of benzene rings is 2. The van der Waals surface area contributed by atoms with Gasteiger partial charge in [-0.15, -0.1) is 0 Å². The van der Waals surface area contributed by atoms with Gasteiger partial charge in [-0.2, -0.15) is 0 Å². The maximum absolute atomic E-state index is 13.2. The summed E-state index contributed by atoms with van der Waals surface area (Å²) < 4.78 is 13.2. The summed E-state index contributed by atoms with van der Waals surface area (Å²) in [6, 6.07) is 10.0. The number of nitrogens with zero attached hydrogens (tertiary/aromatic N) is 1. The highest BCUT2D eigenvalue weighted by Gasteiger charge is 2.29. The largest absolute Gasteiger partial charge is 0.326 e. The fourth-order valence-corrected chi connectivity index (χ4v) is 3.28. The number of hydrogen-bond donors (Lipinski definition) is 2. The lowest BCUT2D eigenvalue weighted by Gasteiger charge is -2.31. The van der Waals surface area contributed by atoms with Crippen LogP contribution in [0, 0.1) is 5.82 Å². The second-order valence-electron chi connectivity index (χ2n) is 6.49. The molecule has 7 heteroatoms. The molecule has 1 atom stereocenters. The normalized spacial score (nSPS) is 18.3. The first-order valence-electron chi connectivity index (χ1n) is 8.48. The second-order valence-corrected chi connectivity index (χ2v) is 6.49. The Labute approximate surface area is 154 Å². The molecular formula is C20H16FN3O3. The predicted octanol–water partition coefficient (Wildman–Crippen LogP) is 3.38. The zero-order valence-electron chi connectivity index (χ0n) is 14.2. The van der Waals surface area contributed by atoms with Gasteiger partial charge in [-0.05, 0) is 41.5 Å². The number of fused-ring (bicyclic) bond motifs is 1. The standard InChI is InChI=1S/C20H16FN3O3/c21-14-4-1-12(2-5-14)18-11-16(25)7-8-24(18)20(27)22-15-6-3-13-9-19(26)23-17(13)10-15/h1-8,10,18H,9,11H2,(H,22,27)(H,23,26)/t18-/m0/s1. The number of amides is 3. The molecule has 0 spiro atoms. The molecule has 136 valence electrons. The van der Waals surface area contributed by atoms with Gasteiger partial charge in [-0.1, -0.05) is 18.2 Å². The summed E-state index contributed by atoms with van der Waals surface area (Å²) in [5.74, 6) is -0.566. The highest BCUT2D eigenvalue weighted by atomic mass is 19.1. The first kappa shape index (κ1) is 17.0. The highest BCUT2D eigenvalue weighted by molar-refractivity contribution is 6.01. The van der Waals surface area contributed by atoms with Crippen molar-refractivity contribution in [2.45, 2.75) is 18.9 Å². The van der Waals surface area contributed by atoms with Crippen molar-refractivity contribution < 1.29 is 18.8 Å². The van der Waals surface area contributed by atoms with Crippen LogP contribution >= 0.6 is 0 Å². The number of ketones is 1. The molecule has 3 amide bonds. The molecule has 2 aliphatic rings. The molecule has 0 saturated carbocycles. The van der Waals surface area contributed by atoms with Crippen molar-refractivity contribution in [3.8, 4) is 0 Å². The summed E-state index contributed by atoms with van der Waals surface area (Å²) in [4.78, 5) is 37.5. The van der Waals surface area contributed by atoms with E-state index in [0.29, 0.717) is 23.4 Å². The molecule has 0 unspecified atom stereocenters. The molecule has 2 aromatic rings. The van der Waals surface area contributed by atoms with E-state index in [2.05, 4.69) is 10.6 Å². The van der Waals surface area contributed by atoms with Crippen molar-refractivity contribution in [1.82, 2.24) is 4.90 Å². The fraction of sp³-hybridized carbons (Fsp3) is 0.150. The molecule has 0 radical (unpaired) electrons. The van der Waals surface area contributed by atoms with E-state index < -0.39 is 12.1 Å². The summed E-state index contributed by atoms with van der Waals surface area (Å²) in [6.07, 6.45) is 3.23. The number of halogens is 1. The Balaban J connectivity index is 1.56. The topological polar surface area (TPSA) is 78.5 Å². The van der Waals surface area contributed by atoms with E-state index in [-0.39, 0.29) is 23.9 Å². The van der Waals surface area contributed by atoms with Crippen molar-refractivity contribution >= 4 is 29.1 Å². The molecule has 0 fully saturated rings. The van der Waals surface area contributed by atoms with E-state index >= 15 is 0 Å². The van der Waals surface area contributed by atoms with Gasteiger partial charge in [-0.3, -0.25) is 14.5 Å². The van der Waals surface area contributed by atoms with E-state index in [0.717, 1.165) is 5.56 Å². The third-order valence-corrected chi connectivity index (χ3v) is 4.63.